The second-order valence-corrected chi connectivity index (χ2v) is 7.49. The molecule has 0 bridgehead atoms. The van der Waals surface area contributed by atoms with Crippen LogP contribution in [0.4, 0.5) is 0 Å². The molecule has 0 aromatic heterocycles. The van der Waals surface area contributed by atoms with Crippen LogP contribution in [0, 0.1) is 0 Å². The van der Waals surface area contributed by atoms with E-state index in [-0.39, 0.29) is 6.17 Å². The minimum absolute atomic E-state index is 0.241. The smallest absolute Gasteiger partial charge is 0.121 e. The molecule has 0 radical (unpaired) electrons. The lowest BCUT2D eigenvalue weighted by atomic mass is 10.0. The number of hydrogen-bond acceptors (Lipinski definition) is 3. The van der Waals surface area contributed by atoms with E-state index in [4.69, 9.17) is 5.73 Å². The Balaban J connectivity index is 1.81. The summed E-state index contributed by atoms with van der Waals surface area (Å²) in [6, 6.07) is 0. The van der Waals surface area contributed by atoms with Crippen LogP contribution in [-0.4, -0.2) is 36.9 Å². The molecule has 1 aliphatic rings. The van der Waals surface area contributed by atoms with Crippen molar-refractivity contribution in [2.75, 3.05) is 19.6 Å². The molecule has 2 N–H and O–H groups in total. The summed E-state index contributed by atoms with van der Waals surface area (Å²) >= 11 is 0. The van der Waals surface area contributed by atoms with Crippen molar-refractivity contribution in [3.05, 3.63) is 12.2 Å². The Morgan fingerprint density at radius 3 is 2.04 bits per heavy atom. The first-order valence-electron chi connectivity index (χ1n) is 11.0. The highest BCUT2D eigenvalue weighted by atomic mass is 15.3. The summed E-state index contributed by atoms with van der Waals surface area (Å²) in [5, 5.41) is 0. The van der Waals surface area contributed by atoms with Crippen LogP contribution in [0.25, 0.3) is 0 Å². The van der Waals surface area contributed by atoms with E-state index in [1.54, 1.807) is 0 Å². The van der Waals surface area contributed by atoms with Gasteiger partial charge in [0.1, 0.15) is 6.17 Å². The van der Waals surface area contributed by atoms with Gasteiger partial charge in [0.25, 0.3) is 0 Å². The van der Waals surface area contributed by atoms with Gasteiger partial charge in [-0.3, -0.25) is 9.89 Å². The van der Waals surface area contributed by atoms with Crippen LogP contribution >= 0.6 is 0 Å². The van der Waals surface area contributed by atoms with Crippen molar-refractivity contribution in [3.8, 4) is 0 Å². The molecule has 3 nitrogen and oxygen atoms in total. The third kappa shape index (κ3) is 12.3. The van der Waals surface area contributed by atoms with Crippen LogP contribution in [-0.2, 0) is 0 Å². The fourth-order valence-electron chi connectivity index (χ4n) is 3.52. The van der Waals surface area contributed by atoms with Crippen LogP contribution in [0.15, 0.2) is 17.1 Å². The molecule has 0 saturated carbocycles. The maximum Gasteiger partial charge on any atom is 0.121 e. The van der Waals surface area contributed by atoms with E-state index in [0.717, 1.165) is 13.1 Å². The Hall–Kier alpha value is -0.670. The van der Waals surface area contributed by atoms with Gasteiger partial charge >= 0.3 is 0 Å². The van der Waals surface area contributed by atoms with E-state index in [9.17, 15) is 0 Å². The SMILES string of the molecule is CCCCCCCCCCCCCCC/C=C/C1N=CCN1CCN. The lowest BCUT2D eigenvalue weighted by Gasteiger charge is -2.18. The summed E-state index contributed by atoms with van der Waals surface area (Å²) in [7, 11) is 0. The van der Waals surface area contributed by atoms with Crippen molar-refractivity contribution in [1.82, 2.24) is 4.90 Å². The largest absolute Gasteiger partial charge is 0.329 e. The van der Waals surface area contributed by atoms with Crippen LogP contribution in [0.2, 0.25) is 0 Å². The summed E-state index contributed by atoms with van der Waals surface area (Å²) in [5.41, 5.74) is 5.63. The quantitative estimate of drug-likeness (QED) is 0.270. The van der Waals surface area contributed by atoms with Gasteiger partial charge in [-0.1, -0.05) is 90.0 Å². The van der Waals surface area contributed by atoms with Crippen molar-refractivity contribution in [2.45, 2.75) is 103 Å². The van der Waals surface area contributed by atoms with Crippen LogP contribution < -0.4 is 5.73 Å². The number of nitrogens with two attached hydrogens (primary N) is 1. The Bertz CT molecular complexity index is 338. The molecule has 1 rings (SSSR count). The average molecular weight is 350 g/mol. The molecule has 0 aromatic carbocycles. The first-order valence-corrected chi connectivity index (χ1v) is 11.0. The van der Waals surface area contributed by atoms with E-state index in [1.807, 2.05) is 6.21 Å². The molecule has 1 atom stereocenters. The molecular weight excluding hydrogens is 306 g/mol. The Morgan fingerprint density at radius 2 is 1.48 bits per heavy atom. The Labute approximate surface area is 157 Å². The van der Waals surface area contributed by atoms with Gasteiger partial charge in [0.15, 0.2) is 0 Å². The van der Waals surface area contributed by atoms with E-state index in [0.29, 0.717) is 6.54 Å². The topological polar surface area (TPSA) is 41.6 Å². The maximum atomic E-state index is 5.63. The highest BCUT2D eigenvalue weighted by molar-refractivity contribution is 5.62. The average Bonchev–Trinajstić information content (AvgIpc) is 3.06. The molecule has 0 spiro atoms. The minimum atomic E-state index is 0.241. The summed E-state index contributed by atoms with van der Waals surface area (Å²) in [6.45, 7) is 4.89. The second-order valence-electron chi connectivity index (χ2n) is 7.49. The van der Waals surface area contributed by atoms with Crippen molar-refractivity contribution < 1.29 is 0 Å². The van der Waals surface area contributed by atoms with E-state index in [2.05, 4.69) is 29.0 Å². The molecule has 1 aliphatic heterocycles. The molecule has 3 heteroatoms. The predicted molar refractivity (Wildman–Crippen MR) is 112 cm³/mol. The molecule has 25 heavy (non-hydrogen) atoms. The molecule has 0 fully saturated rings. The van der Waals surface area contributed by atoms with Gasteiger partial charge in [0.2, 0.25) is 0 Å². The standard InChI is InChI=1S/C22H43N3/c1-2-3-4-5-6-7-8-9-10-11-12-13-14-15-16-17-22-24-19-21-25(22)20-18-23/h16-17,19,22H,2-15,18,20-21,23H2,1H3/b17-16+. The molecule has 1 heterocycles. The molecule has 146 valence electrons. The summed E-state index contributed by atoms with van der Waals surface area (Å²) in [5.74, 6) is 0. The first kappa shape index (κ1) is 22.4. The molecule has 0 saturated heterocycles. The fraction of sp³-hybridized carbons (Fsp3) is 0.864. The normalized spacial score (nSPS) is 17.9. The van der Waals surface area contributed by atoms with Gasteiger partial charge in [0, 0.05) is 25.8 Å². The molecule has 0 aromatic rings. The first-order chi connectivity index (χ1) is 12.4. The zero-order chi connectivity index (χ0) is 18.0. The predicted octanol–water partition coefficient (Wildman–Crippen LogP) is 5.70. The monoisotopic (exact) mass is 349 g/mol. The molecule has 0 aliphatic carbocycles. The zero-order valence-electron chi connectivity index (χ0n) is 16.8. The van der Waals surface area contributed by atoms with Gasteiger partial charge in [0.05, 0.1) is 0 Å². The highest BCUT2D eigenvalue weighted by Gasteiger charge is 2.16. The Kier molecular flexibility index (Phi) is 15.0. The Morgan fingerprint density at radius 1 is 0.920 bits per heavy atom. The third-order valence-electron chi connectivity index (χ3n) is 5.15. The molecule has 0 amide bonds. The van der Waals surface area contributed by atoms with E-state index >= 15 is 0 Å². The van der Waals surface area contributed by atoms with Crippen molar-refractivity contribution in [1.29, 1.82) is 0 Å². The number of rotatable bonds is 17. The zero-order valence-corrected chi connectivity index (χ0v) is 16.8. The lowest BCUT2D eigenvalue weighted by Crippen LogP contribution is -2.33. The van der Waals surface area contributed by atoms with Gasteiger partial charge < -0.3 is 5.73 Å². The lowest BCUT2D eigenvalue weighted by molar-refractivity contribution is 0.297. The van der Waals surface area contributed by atoms with Gasteiger partial charge in [-0.05, 0) is 18.9 Å². The highest BCUT2D eigenvalue weighted by Crippen LogP contribution is 2.13. The number of aliphatic imine (C=N–C) groups is 1. The van der Waals surface area contributed by atoms with Crippen molar-refractivity contribution in [2.24, 2.45) is 10.7 Å². The summed E-state index contributed by atoms with van der Waals surface area (Å²) in [6.07, 6.45) is 26.5. The van der Waals surface area contributed by atoms with E-state index in [1.165, 1.54) is 89.9 Å². The number of nitrogens with zero attached hydrogens (tertiary/aromatic N) is 2. The van der Waals surface area contributed by atoms with Gasteiger partial charge in [-0.15, -0.1) is 0 Å². The molecular formula is C22H43N3. The third-order valence-corrected chi connectivity index (χ3v) is 5.15. The fourth-order valence-corrected chi connectivity index (χ4v) is 3.52. The summed E-state index contributed by atoms with van der Waals surface area (Å²) in [4.78, 5) is 6.82. The number of allylic oxidation sites excluding steroid dienone is 1. The maximum absolute atomic E-state index is 5.63. The number of unbranched alkanes of at least 4 members (excludes halogenated alkanes) is 13. The second kappa shape index (κ2) is 16.8. The summed E-state index contributed by atoms with van der Waals surface area (Å²) < 4.78 is 0. The van der Waals surface area contributed by atoms with Crippen molar-refractivity contribution in [3.63, 3.8) is 0 Å². The number of hydrogen-bond donors (Lipinski definition) is 1. The molecule has 1 unspecified atom stereocenters. The van der Waals surface area contributed by atoms with Crippen molar-refractivity contribution >= 4 is 6.21 Å². The van der Waals surface area contributed by atoms with Gasteiger partial charge in [-0.25, -0.2) is 0 Å². The minimum Gasteiger partial charge on any atom is -0.329 e. The van der Waals surface area contributed by atoms with Gasteiger partial charge in [-0.2, -0.15) is 0 Å². The van der Waals surface area contributed by atoms with Crippen LogP contribution in [0.1, 0.15) is 96.8 Å². The van der Waals surface area contributed by atoms with E-state index < -0.39 is 0 Å². The van der Waals surface area contributed by atoms with Crippen LogP contribution in [0.3, 0.4) is 0 Å². The van der Waals surface area contributed by atoms with Crippen LogP contribution in [0.5, 0.6) is 0 Å².